The Bertz CT molecular complexity index is 265. The van der Waals surface area contributed by atoms with Crippen LogP contribution in [0.2, 0.25) is 0 Å². The monoisotopic (exact) mass is 242 g/mol. The lowest BCUT2D eigenvalue weighted by atomic mass is 9.99. The standard InChI is InChI=1S/C7H17NO6S/c1-2-7(4-9,5-10)8-3-6(11)15(12,13)14/h6,8-11H,2-5H2,1H3,(H,12,13,14)/p-1. The molecule has 0 aliphatic carbocycles. The molecule has 0 saturated heterocycles. The summed E-state index contributed by atoms with van der Waals surface area (Å²) < 4.78 is 31.0. The minimum atomic E-state index is -4.77. The van der Waals surface area contributed by atoms with Crippen molar-refractivity contribution >= 4 is 10.1 Å². The largest absolute Gasteiger partial charge is 0.746 e. The number of aliphatic hydroxyl groups excluding tert-OH is 3. The molecule has 0 bridgehead atoms. The molecule has 0 heterocycles. The molecule has 4 N–H and O–H groups in total. The van der Waals surface area contributed by atoms with Crippen LogP contribution in [0.1, 0.15) is 13.3 Å². The Kier molecular flexibility index (Phi) is 5.63. The maximum absolute atomic E-state index is 10.3. The molecule has 92 valence electrons. The van der Waals surface area contributed by atoms with E-state index in [1.807, 2.05) is 0 Å². The van der Waals surface area contributed by atoms with Gasteiger partial charge in [0.2, 0.25) is 0 Å². The number of nitrogens with one attached hydrogen (secondary N) is 1. The Labute approximate surface area is 88.5 Å². The van der Waals surface area contributed by atoms with Gasteiger partial charge in [0.1, 0.15) is 10.1 Å². The first-order valence-corrected chi connectivity index (χ1v) is 5.88. The molecule has 0 aromatic heterocycles. The van der Waals surface area contributed by atoms with E-state index in [-0.39, 0.29) is 0 Å². The first-order chi connectivity index (χ1) is 6.81. The van der Waals surface area contributed by atoms with Crippen molar-refractivity contribution < 1.29 is 28.3 Å². The van der Waals surface area contributed by atoms with Gasteiger partial charge >= 0.3 is 0 Å². The Hall–Kier alpha value is -0.250. The third-order valence-electron chi connectivity index (χ3n) is 2.27. The van der Waals surface area contributed by atoms with Crippen LogP contribution in [0, 0.1) is 0 Å². The Morgan fingerprint density at radius 2 is 1.87 bits per heavy atom. The molecular formula is C7H16NO6S-. The third-order valence-corrected chi connectivity index (χ3v) is 3.10. The highest BCUT2D eigenvalue weighted by molar-refractivity contribution is 7.86. The predicted molar refractivity (Wildman–Crippen MR) is 50.9 cm³/mol. The number of hydrogen-bond acceptors (Lipinski definition) is 7. The van der Waals surface area contributed by atoms with E-state index in [1.165, 1.54) is 0 Å². The third kappa shape index (κ3) is 4.41. The molecule has 15 heavy (non-hydrogen) atoms. The van der Waals surface area contributed by atoms with Crippen LogP contribution >= 0.6 is 0 Å². The van der Waals surface area contributed by atoms with Crippen molar-refractivity contribution in [3.05, 3.63) is 0 Å². The summed E-state index contributed by atoms with van der Waals surface area (Å²) >= 11 is 0. The van der Waals surface area contributed by atoms with Crippen LogP contribution in [0.5, 0.6) is 0 Å². The second-order valence-corrected chi connectivity index (χ2v) is 4.81. The minimum absolute atomic E-state index is 0.325. The molecule has 0 radical (unpaired) electrons. The molecule has 1 unspecified atom stereocenters. The molecule has 0 amide bonds. The van der Waals surface area contributed by atoms with Crippen molar-refractivity contribution in [1.29, 1.82) is 0 Å². The van der Waals surface area contributed by atoms with Gasteiger partial charge in [-0.15, -0.1) is 0 Å². The van der Waals surface area contributed by atoms with Gasteiger partial charge in [-0.1, -0.05) is 6.92 Å². The Morgan fingerprint density at radius 1 is 1.40 bits per heavy atom. The fourth-order valence-corrected chi connectivity index (χ4v) is 1.20. The fourth-order valence-electron chi connectivity index (χ4n) is 0.916. The molecule has 0 aliphatic heterocycles. The van der Waals surface area contributed by atoms with E-state index >= 15 is 0 Å². The molecule has 7 nitrogen and oxygen atoms in total. The predicted octanol–water partition coefficient (Wildman–Crippen LogP) is -2.43. The zero-order valence-electron chi connectivity index (χ0n) is 8.38. The first kappa shape index (κ1) is 14.8. The van der Waals surface area contributed by atoms with Crippen molar-refractivity contribution in [1.82, 2.24) is 5.32 Å². The quantitative estimate of drug-likeness (QED) is 0.365. The summed E-state index contributed by atoms with van der Waals surface area (Å²) in [6.45, 7) is 0.287. The summed E-state index contributed by atoms with van der Waals surface area (Å²) in [6, 6.07) is 0. The van der Waals surface area contributed by atoms with Crippen LogP contribution in [0.3, 0.4) is 0 Å². The van der Waals surface area contributed by atoms with Gasteiger partial charge in [-0.25, -0.2) is 8.42 Å². The van der Waals surface area contributed by atoms with Gasteiger partial charge in [-0.05, 0) is 6.42 Å². The number of β-amino-alcohol motifs (C(OH)–C–C–N with tert-alkyl or cyclic N) is 1. The van der Waals surface area contributed by atoms with Crippen molar-refractivity contribution in [3.63, 3.8) is 0 Å². The minimum Gasteiger partial charge on any atom is -0.746 e. The van der Waals surface area contributed by atoms with Gasteiger partial charge in [-0.2, -0.15) is 0 Å². The molecule has 1 atom stereocenters. The molecule has 0 fully saturated rings. The van der Waals surface area contributed by atoms with Crippen LogP contribution < -0.4 is 5.32 Å². The molecule has 0 spiro atoms. The highest BCUT2D eigenvalue weighted by Crippen LogP contribution is 2.08. The van der Waals surface area contributed by atoms with Crippen molar-refractivity contribution in [2.75, 3.05) is 19.8 Å². The lowest BCUT2D eigenvalue weighted by molar-refractivity contribution is 0.0792. The van der Waals surface area contributed by atoms with Gasteiger partial charge in [0, 0.05) is 6.54 Å². The van der Waals surface area contributed by atoms with Gasteiger partial charge in [-0.3, -0.25) is 0 Å². The highest BCUT2D eigenvalue weighted by atomic mass is 32.2. The molecule has 0 aromatic carbocycles. The van der Waals surface area contributed by atoms with E-state index in [9.17, 15) is 13.0 Å². The number of aliphatic hydroxyl groups is 3. The lowest BCUT2D eigenvalue weighted by Crippen LogP contribution is -2.54. The summed E-state index contributed by atoms with van der Waals surface area (Å²) in [5.41, 5.74) is -3.16. The molecule has 0 saturated carbocycles. The van der Waals surface area contributed by atoms with E-state index in [0.717, 1.165) is 0 Å². The van der Waals surface area contributed by atoms with Crippen LogP contribution in [0.4, 0.5) is 0 Å². The second kappa shape index (κ2) is 5.73. The van der Waals surface area contributed by atoms with E-state index < -0.39 is 40.9 Å². The van der Waals surface area contributed by atoms with Crippen molar-refractivity contribution in [3.8, 4) is 0 Å². The SMILES string of the molecule is CCC(CO)(CO)NCC(O)S(=O)(=O)[O-]. The zero-order chi connectivity index (χ0) is 12.1. The normalized spacial score (nSPS) is 15.3. The molecule has 0 rings (SSSR count). The van der Waals surface area contributed by atoms with Gasteiger partial charge in [0.25, 0.3) is 0 Å². The number of hydrogen-bond donors (Lipinski definition) is 4. The molecular weight excluding hydrogens is 226 g/mol. The van der Waals surface area contributed by atoms with Crippen molar-refractivity contribution in [2.24, 2.45) is 0 Å². The zero-order valence-corrected chi connectivity index (χ0v) is 9.20. The van der Waals surface area contributed by atoms with Crippen LogP contribution in [-0.4, -0.2) is 59.0 Å². The van der Waals surface area contributed by atoms with E-state index in [2.05, 4.69) is 5.32 Å². The van der Waals surface area contributed by atoms with Gasteiger partial charge in [0.15, 0.2) is 5.44 Å². The van der Waals surface area contributed by atoms with Crippen LogP contribution in [-0.2, 0) is 10.1 Å². The number of rotatable bonds is 7. The highest BCUT2D eigenvalue weighted by Gasteiger charge is 2.27. The average molecular weight is 242 g/mol. The smallest absolute Gasteiger partial charge is 0.155 e. The van der Waals surface area contributed by atoms with Gasteiger partial charge < -0.3 is 25.2 Å². The fraction of sp³-hybridized carbons (Fsp3) is 1.00. The average Bonchev–Trinajstić information content (AvgIpc) is 2.19. The topological polar surface area (TPSA) is 130 Å². The summed E-state index contributed by atoms with van der Waals surface area (Å²) in [7, 11) is -4.77. The van der Waals surface area contributed by atoms with E-state index in [4.69, 9.17) is 15.3 Å². The Morgan fingerprint density at radius 3 is 2.13 bits per heavy atom. The summed E-state index contributed by atoms with van der Waals surface area (Å²) in [6.07, 6.45) is 0.325. The molecule has 8 heteroatoms. The second-order valence-electron chi connectivity index (χ2n) is 3.28. The van der Waals surface area contributed by atoms with E-state index in [1.54, 1.807) is 6.92 Å². The van der Waals surface area contributed by atoms with Gasteiger partial charge in [0.05, 0.1) is 18.8 Å². The summed E-state index contributed by atoms with van der Waals surface area (Å²) in [5.74, 6) is 0. The summed E-state index contributed by atoms with van der Waals surface area (Å²) in [4.78, 5) is 0. The maximum Gasteiger partial charge on any atom is 0.155 e. The summed E-state index contributed by atoms with van der Waals surface area (Å²) in [5, 5.41) is 29.3. The Balaban J connectivity index is 4.35. The van der Waals surface area contributed by atoms with Crippen LogP contribution in [0.15, 0.2) is 0 Å². The molecule has 0 aromatic rings. The molecule has 0 aliphatic rings. The van der Waals surface area contributed by atoms with Crippen LogP contribution in [0.25, 0.3) is 0 Å². The maximum atomic E-state index is 10.3. The lowest BCUT2D eigenvalue weighted by Gasteiger charge is -2.31. The first-order valence-electron chi connectivity index (χ1n) is 4.41. The van der Waals surface area contributed by atoms with Crippen molar-refractivity contribution in [2.45, 2.75) is 24.3 Å². The van der Waals surface area contributed by atoms with E-state index in [0.29, 0.717) is 6.42 Å².